The van der Waals surface area contributed by atoms with Gasteiger partial charge in [0.25, 0.3) is 0 Å². The zero-order chi connectivity index (χ0) is 13.6. The molecule has 0 aromatic rings. The molecule has 19 heavy (non-hydrogen) atoms. The summed E-state index contributed by atoms with van der Waals surface area (Å²) >= 11 is 0. The molecular weight excluding hydrogens is 244 g/mol. The van der Waals surface area contributed by atoms with Gasteiger partial charge in [-0.05, 0) is 45.4 Å². The Morgan fingerprint density at radius 1 is 1.32 bits per heavy atom. The van der Waals surface area contributed by atoms with Crippen LogP contribution in [0.5, 0.6) is 0 Å². The van der Waals surface area contributed by atoms with Crippen molar-refractivity contribution in [1.29, 1.82) is 0 Å². The van der Waals surface area contributed by atoms with Gasteiger partial charge < -0.3 is 15.0 Å². The average Bonchev–Trinajstić information content (AvgIpc) is 3.15. The molecule has 1 saturated carbocycles. The number of nitrogens with one attached hydrogen (secondary N) is 1. The Kier molecular flexibility index (Phi) is 3.04. The van der Waals surface area contributed by atoms with Crippen molar-refractivity contribution in [2.45, 2.75) is 57.3 Å². The van der Waals surface area contributed by atoms with Crippen molar-refractivity contribution in [3.05, 3.63) is 0 Å². The maximum absolute atomic E-state index is 12.2. The van der Waals surface area contributed by atoms with E-state index in [2.05, 4.69) is 12.2 Å². The largest absolute Gasteiger partial charge is 0.373 e. The first kappa shape index (κ1) is 12.9. The maximum atomic E-state index is 12.2. The van der Waals surface area contributed by atoms with Gasteiger partial charge in [-0.25, -0.2) is 0 Å². The van der Waals surface area contributed by atoms with Crippen LogP contribution in [0.2, 0.25) is 0 Å². The van der Waals surface area contributed by atoms with Gasteiger partial charge in [0, 0.05) is 6.54 Å². The molecule has 0 aromatic carbocycles. The van der Waals surface area contributed by atoms with E-state index in [-0.39, 0.29) is 30.6 Å². The van der Waals surface area contributed by atoms with E-state index in [1.807, 2.05) is 6.92 Å². The van der Waals surface area contributed by atoms with Crippen LogP contribution in [-0.4, -0.2) is 47.6 Å². The van der Waals surface area contributed by atoms with Crippen LogP contribution in [0.25, 0.3) is 0 Å². The molecule has 2 amide bonds. The van der Waals surface area contributed by atoms with E-state index in [4.69, 9.17) is 4.74 Å². The number of nitrogens with zero attached hydrogens (tertiary/aromatic N) is 1. The lowest BCUT2D eigenvalue weighted by atomic mass is 9.89. The van der Waals surface area contributed by atoms with Gasteiger partial charge in [0.15, 0.2) is 0 Å². The third-order valence-electron chi connectivity index (χ3n) is 4.80. The molecular formula is C14H22N2O3. The van der Waals surface area contributed by atoms with Crippen LogP contribution in [0.1, 0.15) is 39.5 Å². The molecule has 3 aliphatic rings. The standard InChI is InChI=1S/C14H22N2O3/c1-9-3-6-11(19-9)8-16-12(17)7-15-13(18)14(16,2)10-4-5-10/h9-11H,3-8H2,1-2H3,(H,15,18). The molecule has 0 radical (unpaired) electrons. The monoisotopic (exact) mass is 266 g/mol. The number of amides is 2. The first-order valence-corrected chi connectivity index (χ1v) is 7.26. The topological polar surface area (TPSA) is 58.6 Å². The third kappa shape index (κ3) is 2.14. The van der Waals surface area contributed by atoms with Crippen molar-refractivity contribution in [3.8, 4) is 0 Å². The predicted molar refractivity (Wildman–Crippen MR) is 69.4 cm³/mol. The highest BCUT2D eigenvalue weighted by atomic mass is 16.5. The van der Waals surface area contributed by atoms with E-state index in [0.717, 1.165) is 25.7 Å². The minimum atomic E-state index is -0.662. The van der Waals surface area contributed by atoms with Gasteiger partial charge in [0.1, 0.15) is 5.54 Å². The minimum Gasteiger partial charge on any atom is -0.373 e. The molecule has 0 bridgehead atoms. The molecule has 2 aliphatic heterocycles. The number of carbonyl (C=O) groups excluding carboxylic acids is 2. The lowest BCUT2D eigenvalue weighted by Gasteiger charge is -2.44. The van der Waals surface area contributed by atoms with Crippen LogP contribution < -0.4 is 5.32 Å². The summed E-state index contributed by atoms with van der Waals surface area (Å²) in [6.07, 6.45) is 4.45. The molecule has 1 N–H and O–H groups in total. The maximum Gasteiger partial charge on any atom is 0.246 e. The highest BCUT2D eigenvalue weighted by Gasteiger charge is 2.55. The summed E-state index contributed by atoms with van der Waals surface area (Å²) in [7, 11) is 0. The number of ether oxygens (including phenoxy) is 1. The van der Waals surface area contributed by atoms with Crippen LogP contribution in [0.3, 0.4) is 0 Å². The summed E-state index contributed by atoms with van der Waals surface area (Å²) in [5.74, 6) is 0.341. The Morgan fingerprint density at radius 2 is 2.05 bits per heavy atom. The summed E-state index contributed by atoms with van der Waals surface area (Å²) in [6, 6.07) is 0. The predicted octanol–water partition coefficient (Wildman–Crippen LogP) is 0.681. The first-order chi connectivity index (χ1) is 9.01. The molecule has 5 nitrogen and oxygen atoms in total. The third-order valence-corrected chi connectivity index (χ3v) is 4.80. The quantitative estimate of drug-likeness (QED) is 0.817. The lowest BCUT2D eigenvalue weighted by molar-refractivity contribution is -0.156. The van der Waals surface area contributed by atoms with Crippen LogP contribution in [0.4, 0.5) is 0 Å². The lowest BCUT2D eigenvalue weighted by Crippen LogP contribution is -2.68. The molecule has 0 aromatic heterocycles. The molecule has 106 valence electrons. The molecule has 5 heteroatoms. The second kappa shape index (κ2) is 4.47. The molecule has 0 spiro atoms. The molecule has 3 atom stereocenters. The molecule has 3 unspecified atom stereocenters. The van der Waals surface area contributed by atoms with Crippen LogP contribution in [-0.2, 0) is 14.3 Å². The van der Waals surface area contributed by atoms with E-state index >= 15 is 0 Å². The van der Waals surface area contributed by atoms with Crippen LogP contribution >= 0.6 is 0 Å². The van der Waals surface area contributed by atoms with Gasteiger partial charge in [0.2, 0.25) is 11.8 Å². The van der Waals surface area contributed by atoms with Gasteiger partial charge in [-0.1, -0.05) is 0 Å². The highest BCUT2D eigenvalue weighted by molar-refractivity contribution is 5.98. The van der Waals surface area contributed by atoms with Gasteiger partial charge in [-0.2, -0.15) is 0 Å². The zero-order valence-electron chi connectivity index (χ0n) is 11.6. The number of hydrogen-bond acceptors (Lipinski definition) is 3. The average molecular weight is 266 g/mol. The van der Waals surface area contributed by atoms with E-state index < -0.39 is 5.54 Å². The SMILES string of the molecule is CC1CCC(CN2C(=O)CNC(=O)C2(C)C2CC2)O1. The number of piperazine rings is 1. The van der Waals surface area contributed by atoms with Gasteiger partial charge in [0.05, 0.1) is 18.8 Å². The molecule has 1 aliphatic carbocycles. The van der Waals surface area contributed by atoms with Gasteiger partial charge >= 0.3 is 0 Å². The smallest absolute Gasteiger partial charge is 0.246 e. The fourth-order valence-corrected chi connectivity index (χ4v) is 3.38. The van der Waals surface area contributed by atoms with E-state index in [0.29, 0.717) is 12.5 Å². The van der Waals surface area contributed by atoms with Crippen molar-refractivity contribution in [3.63, 3.8) is 0 Å². The number of carbonyl (C=O) groups is 2. The molecule has 2 heterocycles. The first-order valence-electron chi connectivity index (χ1n) is 7.26. The van der Waals surface area contributed by atoms with Crippen LogP contribution in [0.15, 0.2) is 0 Å². The van der Waals surface area contributed by atoms with Gasteiger partial charge in [-0.3, -0.25) is 9.59 Å². The van der Waals surface area contributed by atoms with E-state index in [1.54, 1.807) is 4.90 Å². The zero-order valence-corrected chi connectivity index (χ0v) is 11.6. The Balaban J connectivity index is 1.78. The minimum absolute atomic E-state index is 0.000598. The summed E-state index contributed by atoms with van der Waals surface area (Å²) in [5, 5.41) is 2.74. The summed E-state index contributed by atoms with van der Waals surface area (Å²) in [6.45, 7) is 4.66. The number of hydrogen-bond donors (Lipinski definition) is 1. The second-order valence-electron chi connectivity index (χ2n) is 6.25. The van der Waals surface area contributed by atoms with Gasteiger partial charge in [-0.15, -0.1) is 0 Å². The van der Waals surface area contributed by atoms with Crippen LogP contribution in [0, 0.1) is 5.92 Å². The summed E-state index contributed by atoms with van der Waals surface area (Å²) in [5.41, 5.74) is -0.662. The Bertz CT molecular complexity index is 407. The normalized spacial score (nSPS) is 39.6. The Hall–Kier alpha value is -1.10. The second-order valence-corrected chi connectivity index (χ2v) is 6.25. The summed E-state index contributed by atoms with van der Waals surface area (Å²) in [4.78, 5) is 26.2. The van der Waals surface area contributed by atoms with Crippen molar-refractivity contribution in [2.75, 3.05) is 13.1 Å². The fraction of sp³-hybridized carbons (Fsp3) is 0.857. The van der Waals surface area contributed by atoms with E-state index in [1.165, 1.54) is 0 Å². The molecule has 3 rings (SSSR count). The van der Waals surface area contributed by atoms with Crippen molar-refractivity contribution in [1.82, 2.24) is 10.2 Å². The van der Waals surface area contributed by atoms with Crippen molar-refractivity contribution < 1.29 is 14.3 Å². The molecule has 2 saturated heterocycles. The number of rotatable bonds is 3. The fourth-order valence-electron chi connectivity index (χ4n) is 3.38. The summed E-state index contributed by atoms with van der Waals surface area (Å²) < 4.78 is 5.82. The van der Waals surface area contributed by atoms with Crippen molar-refractivity contribution in [2.24, 2.45) is 5.92 Å². The Morgan fingerprint density at radius 3 is 2.63 bits per heavy atom. The van der Waals surface area contributed by atoms with E-state index in [9.17, 15) is 9.59 Å². The van der Waals surface area contributed by atoms with Crippen molar-refractivity contribution >= 4 is 11.8 Å². The highest BCUT2D eigenvalue weighted by Crippen LogP contribution is 2.44. The molecule has 3 fully saturated rings. The Labute approximate surface area is 113 Å².